The quantitative estimate of drug-likeness (QED) is 0.407. The highest BCUT2D eigenvalue weighted by atomic mass is 19.4. The van der Waals surface area contributed by atoms with Crippen molar-refractivity contribution in [2.45, 2.75) is 25.6 Å². The van der Waals surface area contributed by atoms with Crippen molar-refractivity contribution in [3.8, 4) is 5.75 Å². The minimum absolute atomic E-state index is 0.116. The Labute approximate surface area is 227 Å². The standard InChI is InChI=1S/C29H26F3N5O3/c30-29(31,32)25-6-5-18(16-33-25)17-36-8-10-37(11-9-36)28(39)23-14-19(13-20-7-12-40-26(20)23)15-24-21-3-1-2-4-22(21)27(38)35-34-24/h1-6,13-14,16H,7-12,15,17H2,(H,35,38). The lowest BCUT2D eigenvalue weighted by molar-refractivity contribution is -0.141. The van der Waals surface area contributed by atoms with Crippen molar-refractivity contribution in [1.82, 2.24) is 25.0 Å². The van der Waals surface area contributed by atoms with Crippen molar-refractivity contribution < 1.29 is 22.7 Å². The summed E-state index contributed by atoms with van der Waals surface area (Å²) in [5, 5.41) is 8.20. The third kappa shape index (κ3) is 5.16. The largest absolute Gasteiger partial charge is 0.492 e. The van der Waals surface area contributed by atoms with Crippen LogP contribution in [-0.4, -0.2) is 63.7 Å². The van der Waals surface area contributed by atoms with Crippen molar-refractivity contribution in [3.63, 3.8) is 0 Å². The van der Waals surface area contributed by atoms with Crippen LogP contribution in [0.3, 0.4) is 0 Å². The monoisotopic (exact) mass is 549 g/mol. The summed E-state index contributed by atoms with van der Waals surface area (Å²) in [5.74, 6) is 0.501. The molecule has 2 aliphatic heterocycles. The second kappa shape index (κ2) is 10.4. The Kier molecular flexibility index (Phi) is 6.75. The van der Waals surface area contributed by atoms with Gasteiger partial charge in [-0.25, -0.2) is 5.10 Å². The second-order valence-electron chi connectivity index (χ2n) is 10.1. The van der Waals surface area contributed by atoms with Gasteiger partial charge >= 0.3 is 6.18 Å². The van der Waals surface area contributed by atoms with Gasteiger partial charge in [-0.15, -0.1) is 0 Å². The lowest BCUT2D eigenvalue weighted by atomic mass is 9.98. The maximum absolute atomic E-state index is 13.7. The van der Waals surface area contributed by atoms with Crippen LogP contribution in [0.1, 0.15) is 38.4 Å². The first-order chi connectivity index (χ1) is 19.3. The van der Waals surface area contributed by atoms with Gasteiger partial charge in [0, 0.05) is 57.1 Å². The first-order valence-electron chi connectivity index (χ1n) is 13.0. The molecule has 4 heterocycles. The number of hydrogen-bond donors (Lipinski definition) is 1. The lowest BCUT2D eigenvalue weighted by Gasteiger charge is -2.35. The topological polar surface area (TPSA) is 91.4 Å². The molecule has 2 aromatic heterocycles. The normalized spacial score (nSPS) is 15.7. The van der Waals surface area contributed by atoms with E-state index in [1.165, 1.54) is 12.3 Å². The summed E-state index contributed by atoms with van der Waals surface area (Å²) in [6.07, 6.45) is -2.05. The number of benzene rings is 2. The lowest BCUT2D eigenvalue weighted by Crippen LogP contribution is -2.48. The molecule has 6 rings (SSSR count). The number of ether oxygens (including phenoxy) is 1. The predicted octanol–water partition coefficient (Wildman–Crippen LogP) is 3.82. The predicted molar refractivity (Wildman–Crippen MR) is 141 cm³/mol. The smallest absolute Gasteiger partial charge is 0.433 e. The van der Waals surface area contributed by atoms with Gasteiger partial charge in [-0.05, 0) is 34.9 Å². The van der Waals surface area contributed by atoms with E-state index < -0.39 is 11.9 Å². The zero-order valence-electron chi connectivity index (χ0n) is 21.5. The Morgan fingerprint density at radius 1 is 1.00 bits per heavy atom. The molecule has 2 aliphatic rings. The Morgan fingerprint density at radius 2 is 1.77 bits per heavy atom. The number of pyridine rings is 1. The molecule has 0 spiro atoms. The van der Waals surface area contributed by atoms with E-state index in [1.807, 2.05) is 30.3 Å². The van der Waals surface area contributed by atoms with Crippen LogP contribution in [0.25, 0.3) is 10.8 Å². The number of H-pyrrole nitrogens is 1. The molecule has 1 fully saturated rings. The SMILES string of the molecule is O=C(c1cc(Cc2n[nH]c(=O)c3ccccc23)cc2c1OCC2)N1CCN(Cc2ccc(C(F)(F)F)nc2)CC1. The number of nitrogens with one attached hydrogen (secondary N) is 1. The molecule has 1 N–H and O–H groups in total. The van der Waals surface area contributed by atoms with Gasteiger partial charge in [0.1, 0.15) is 11.4 Å². The van der Waals surface area contributed by atoms with Gasteiger partial charge in [0.05, 0.1) is 23.3 Å². The fourth-order valence-electron chi connectivity index (χ4n) is 5.36. The van der Waals surface area contributed by atoms with Gasteiger partial charge in [-0.1, -0.05) is 30.3 Å². The molecular weight excluding hydrogens is 523 g/mol. The van der Waals surface area contributed by atoms with Crippen LogP contribution in [0.5, 0.6) is 5.75 Å². The molecule has 8 nitrogen and oxygen atoms in total. The molecule has 4 aromatic rings. The van der Waals surface area contributed by atoms with Gasteiger partial charge in [0.15, 0.2) is 0 Å². The van der Waals surface area contributed by atoms with Gasteiger partial charge in [0.2, 0.25) is 0 Å². The number of piperazine rings is 1. The Morgan fingerprint density at radius 3 is 2.50 bits per heavy atom. The summed E-state index contributed by atoms with van der Waals surface area (Å²) in [6, 6.07) is 13.6. The van der Waals surface area contributed by atoms with Crippen LogP contribution in [0, 0.1) is 0 Å². The fourth-order valence-corrected chi connectivity index (χ4v) is 5.36. The number of halogens is 3. The Bertz CT molecular complexity index is 1630. The number of fused-ring (bicyclic) bond motifs is 2. The Balaban J connectivity index is 1.17. The highest BCUT2D eigenvalue weighted by Gasteiger charge is 2.32. The number of alkyl halides is 3. The van der Waals surface area contributed by atoms with E-state index in [1.54, 1.807) is 11.0 Å². The molecule has 40 heavy (non-hydrogen) atoms. The summed E-state index contributed by atoms with van der Waals surface area (Å²) < 4.78 is 44.2. The first-order valence-corrected chi connectivity index (χ1v) is 13.0. The molecule has 0 saturated carbocycles. The Hall–Kier alpha value is -4.25. The summed E-state index contributed by atoms with van der Waals surface area (Å²) in [6.45, 7) is 3.11. The van der Waals surface area contributed by atoms with Crippen LogP contribution in [0.2, 0.25) is 0 Å². The minimum Gasteiger partial charge on any atom is -0.492 e. The van der Waals surface area contributed by atoms with E-state index >= 15 is 0 Å². The minimum atomic E-state index is -4.46. The maximum Gasteiger partial charge on any atom is 0.433 e. The number of carbonyl (C=O) groups excluding carboxylic acids is 1. The maximum atomic E-state index is 13.7. The molecule has 1 amide bonds. The number of carbonyl (C=O) groups is 1. The fraction of sp³-hybridized carbons (Fsp3) is 0.310. The second-order valence-corrected chi connectivity index (χ2v) is 10.1. The van der Waals surface area contributed by atoms with Gasteiger partial charge in [-0.3, -0.25) is 19.5 Å². The average molecular weight is 550 g/mol. The molecule has 0 unspecified atom stereocenters. The van der Waals surface area contributed by atoms with Crippen molar-refractivity contribution in [3.05, 3.63) is 98.7 Å². The summed E-state index contributed by atoms with van der Waals surface area (Å²) in [5.41, 5.74) is 2.65. The molecule has 0 atom stereocenters. The van der Waals surface area contributed by atoms with E-state index in [9.17, 15) is 22.8 Å². The van der Waals surface area contributed by atoms with Crippen molar-refractivity contribution in [2.75, 3.05) is 32.8 Å². The zero-order valence-corrected chi connectivity index (χ0v) is 21.5. The number of aromatic nitrogens is 3. The van der Waals surface area contributed by atoms with Crippen molar-refractivity contribution in [2.24, 2.45) is 0 Å². The van der Waals surface area contributed by atoms with Crippen LogP contribution >= 0.6 is 0 Å². The average Bonchev–Trinajstić information content (AvgIpc) is 3.43. The molecule has 0 aliphatic carbocycles. The summed E-state index contributed by atoms with van der Waals surface area (Å²) in [4.78, 5) is 33.3. The highest BCUT2D eigenvalue weighted by Crippen LogP contribution is 2.33. The van der Waals surface area contributed by atoms with E-state index in [4.69, 9.17) is 4.74 Å². The molecule has 0 bridgehead atoms. The third-order valence-electron chi connectivity index (χ3n) is 7.40. The highest BCUT2D eigenvalue weighted by molar-refractivity contribution is 5.98. The van der Waals surface area contributed by atoms with E-state index in [0.717, 1.165) is 28.3 Å². The zero-order chi connectivity index (χ0) is 27.9. The van der Waals surface area contributed by atoms with E-state index in [0.29, 0.717) is 74.4 Å². The number of rotatable bonds is 5. The van der Waals surface area contributed by atoms with Crippen LogP contribution in [0.4, 0.5) is 13.2 Å². The first kappa shape index (κ1) is 26.0. The molecule has 206 valence electrons. The van der Waals surface area contributed by atoms with Crippen molar-refractivity contribution >= 4 is 16.7 Å². The van der Waals surface area contributed by atoms with Crippen LogP contribution < -0.4 is 10.3 Å². The molecule has 11 heteroatoms. The molecule has 1 saturated heterocycles. The molecular formula is C29H26F3N5O3. The number of amides is 1. The van der Waals surface area contributed by atoms with Crippen LogP contribution in [0.15, 0.2) is 59.5 Å². The van der Waals surface area contributed by atoms with Gasteiger partial charge in [-0.2, -0.15) is 18.3 Å². The van der Waals surface area contributed by atoms with E-state index in [-0.39, 0.29) is 11.5 Å². The van der Waals surface area contributed by atoms with Crippen molar-refractivity contribution in [1.29, 1.82) is 0 Å². The molecule has 2 aromatic carbocycles. The van der Waals surface area contributed by atoms with Gasteiger partial charge in [0.25, 0.3) is 11.5 Å². The number of hydrogen-bond acceptors (Lipinski definition) is 6. The van der Waals surface area contributed by atoms with Crippen LogP contribution in [-0.2, 0) is 25.6 Å². The number of nitrogens with zero attached hydrogens (tertiary/aromatic N) is 4. The summed E-state index contributed by atoms with van der Waals surface area (Å²) >= 11 is 0. The number of aromatic amines is 1. The third-order valence-corrected chi connectivity index (χ3v) is 7.40. The van der Waals surface area contributed by atoms with E-state index in [2.05, 4.69) is 20.1 Å². The molecule has 0 radical (unpaired) electrons. The summed E-state index contributed by atoms with van der Waals surface area (Å²) in [7, 11) is 0. The van der Waals surface area contributed by atoms with Gasteiger partial charge < -0.3 is 9.64 Å².